The van der Waals surface area contributed by atoms with Gasteiger partial charge in [-0.3, -0.25) is 4.79 Å². The van der Waals surface area contributed by atoms with Crippen LogP contribution in [-0.4, -0.2) is 31.7 Å². The monoisotopic (exact) mass is 328 g/mol. The van der Waals surface area contributed by atoms with Crippen LogP contribution in [0.5, 0.6) is 0 Å². The van der Waals surface area contributed by atoms with E-state index >= 15 is 0 Å². The molecule has 0 aliphatic heterocycles. The van der Waals surface area contributed by atoms with Crippen LogP contribution in [0.4, 0.5) is 0 Å². The number of amides is 1. The molecule has 3 rings (SSSR count). The van der Waals surface area contributed by atoms with Crippen molar-refractivity contribution in [1.82, 2.24) is 20.1 Å². The van der Waals surface area contributed by atoms with E-state index in [-0.39, 0.29) is 17.3 Å². The Bertz CT molecular complexity index is 841. The minimum Gasteiger partial charge on any atom is -0.477 e. The Morgan fingerprint density at radius 1 is 1.30 bits per heavy atom. The van der Waals surface area contributed by atoms with Crippen molar-refractivity contribution in [2.75, 3.05) is 0 Å². The van der Waals surface area contributed by atoms with Crippen molar-refractivity contribution in [2.24, 2.45) is 0 Å². The molecule has 0 aromatic carbocycles. The van der Waals surface area contributed by atoms with Crippen LogP contribution in [-0.2, 0) is 6.54 Å². The molecule has 8 heteroatoms. The zero-order chi connectivity index (χ0) is 16.2. The second kappa shape index (κ2) is 6.41. The van der Waals surface area contributed by atoms with Crippen molar-refractivity contribution in [1.29, 1.82) is 0 Å². The van der Waals surface area contributed by atoms with Crippen LogP contribution < -0.4 is 5.32 Å². The fraction of sp³-hybridized carbons (Fsp3) is 0.0667. The minimum absolute atomic E-state index is 0.152. The summed E-state index contributed by atoms with van der Waals surface area (Å²) >= 11 is 1.13. The molecule has 0 bridgehead atoms. The Kier molecular flexibility index (Phi) is 4.15. The van der Waals surface area contributed by atoms with E-state index in [9.17, 15) is 9.59 Å². The molecule has 1 amide bonds. The number of aromatic nitrogens is 3. The lowest BCUT2D eigenvalue weighted by Crippen LogP contribution is -2.23. The summed E-state index contributed by atoms with van der Waals surface area (Å²) in [4.78, 5) is 27.5. The third-order valence-corrected chi connectivity index (χ3v) is 4.05. The van der Waals surface area contributed by atoms with Gasteiger partial charge < -0.3 is 10.4 Å². The van der Waals surface area contributed by atoms with Crippen LogP contribution in [0.3, 0.4) is 0 Å². The molecule has 0 saturated heterocycles. The van der Waals surface area contributed by atoms with Crippen molar-refractivity contribution >= 4 is 23.2 Å². The van der Waals surface area contributed by atoms with E-state index in [1.54, 1.807) is 36.0 Å². The Labute approximate surface area is 135 Å². The number of nitrogens with one attached hydrogen (secondary N) is 1. The third kappa shape index (κ3) is 3.27. The number of aromatic carboxylic acids is 1. The van der Waals surface area contributed by atoms with Gasteiger partial charge in [-0.15, -0.1) is 11.3 Å². The number of hydrogen-bond donors (Lipinski definition) is 2. The van der Waals surface area contributed by atoms with E-state index in [4.69, 9.17) is 5.11 Å². The van der Waals surface area contributed by atoms with E-state index in [1.165, 1.54) is 10.9 Å². The number of hydrogen-bond acceptors (Lipinski definition) is 5. The summed E-state index contributed by atoms with van der Waals surface area (Å²) in [5.41, 5.74) is 0.954. The second-order valence-electron chi connectivity index (χ2n) is 4.62. The van der Waals surface area contributed by atoms with Crippen LogP contribution in [0.1, 0.15) is 25.6 Å². The van der Waals surface area contributed by atoms with Crippen LogP contribution in [0.15, 0.2) is 48.2 Å². The molecule has 0 spiro atoms. The highest BCUT2D eigenvalue weighted by molar-refractivity contribution is 7.12. The Balaban J connectivity index is 1.68. The maximum Gasteiger partial charge on any atom is 0.346 e. The molecule has 0 aliphatic rings. The first-order chi connectivity index (χ1) is 11.1. The summed E-state index contributed by atoms with van der Waals surface area (Å²) in [5, 5.41) is 17.5. The molecule has 23 heavy (non-hydrogen) atoms. The first-order valence-electron chi connectivity index (χ1n) is 6.69. The van der Waals surface area contributed by atoms with Gasteiger partial charge in [-0.25, -0.2) is 14.5 Å². The highest BCUT2D eigenvalue weighted by Crippen LogP contribution is 2.16. The largest absolute Gasteiger partial charge is 0.477 e. The van der Waals surface area contributed by atoms with E-state index in [0.29, 0.717) is 16.9 Å². The van der Waals surface area contributed by atoms with Gasteiger partial charge in [0.2, 0.25) is 0 Å². The molecular formula is C15H12N4O3S. The average Bonchev–Trinajstić information content (AvgIpc) is 3.22. The van der Waals surface area contributed by atoms with Gasteiger partial charge in [-0.1, -0.05) is 6.07 Å². The first kappa shape index (κ1) is 14.9. The number of thiophene rings is 1. The van der Waals surface area contributed by atoms with Gasteiger partial charge >= 0.3 is 5.97 Å². The summed E-state index contributed by atoms with van der Waals surface area (Å²) in [5.74, 6) is -0.709. The number of carboxylic acids is 1. The molecule has 3 aromatic rings. The summed E-state index contributed by atoms with van der Waals surface area (Å²) in [6.07, 6.45) is 4.65. The lowest BCUT2D eigenvalue weighted by molar-refractivity contribution is 0.0700. The van der Waals surface area contributed by atoms with Crippen molar-refractivity contribution in [3.8, 4) is 5.82 Å². The van der Waals surface area contributed by atoms with Gasteiger partial charge in [0.15, 0.2) is 5.82 Å². The molecule has 3 aromatic heterocycles. The van der Waals surface area contributed by atoms with Crippen molar-refractivity contribution in [3.05, 3.63) is 64.2 Å². The first-order valence-corrected chi connectivity index (χ1v) is 7.57. The molecule has 0 fully saturated rings. The lowest BCUT2D eigenvalue weighted by atomic mass is 10.2. The lowest BCUT2D eigenvalue weighted by Gasteiger charge is -2.03. The van der Waals surface area contributed by atoms with Gasteiger partial charge in [-0.2, -0.15) is 5.10 Å². The van der Waals surface area contributed by atoms with Gasteiger partial charge in [0.1, 0.15) is 4.88 Å². The topological polar surface area (TPSA) is 97.1 Å². The molecule has 0 saturated carbocycles. The highest BCUT2D eigenvalue weighted by atomic mass is 32.1. The van der Waals surface area contributed by atoms with Crippen molar-refractivity contribution in [3.63, 3.8) is 0 Å². The highest BCUT2D eigenvalue weighted by Gasteiger charge is 2.14. The molecular weight excluding hydrogens is 316 g/mol. The summed E-state index contributed by atoms with van der Waals surface area (Å²) < 4.78 is 1.50. The number of nitrogens with zero attached hydrogens (tertiary/aromatic N) is 3. The fourth-order valence-corrected chi connectivity index (χ4v) is 2.76. The minimum atomic E-state index is -0.993. The molecule has 116 valence electrons. The van der Waals surface area contributed by atoms with E-state index < -0.39 is 5.97 Å². The Hall–Kier alpha value is -3.00. The maximum atomic E-state index is 12.1. The van der Waals surface area contributed by atoms with Crippen LogP contribution in [0, 0.1) is 0 Å². The zero-order valence-corrected chi connectivity index (χ0v) is 12.7. The van der Waals surface area contributed by atoms with Gasteiger partial charge in [0, 0.05) is 18.9 Å². The smallest absolute Gasteiger partial charge is 0.346 e. The van der Waals surface area contributed by atoms with Crippen molar-refractivity contribution in [2.45, 2.75) is 6.54 Å². The van der Waals surface area contributed by atoms with Crippen LogP contribution in [0.25, 0.3) is 5.82 Å². The molecule has 2 N–H and O–H groups in total. The normalized spacial score (nSPS) is 10.4. The number of carboxylic acid groups (broad SMARTS) is 1. The van der Waals surface area contributed by atoms with E-state index in [0.717, 1.165) is 11.3 Å². The quantitative estimate of drug-likeness (QED) is 0.746. The predicted octanol–water partition coefficient (Wildman–Crippen LogP) is 1.96. The van der Waals surface area contributed by atoms with E-state index in [1.807, 2.05) is 6.07 Å². The SMILES string of the molecule is O=C(NCc1ccsc1C(=O)O)c1cnn(-c2ccccn2)c1. The van der Waals surface area contributed by atoms with Gasteiger partial charge in [0.25, 0.3) is 5.91 Å². The van der Waals surface area contributed by atoms with E-state index in [2.05, 4.69) is 15.4 Å². The molecule has 0 atom stereocenters. The molecule has 0 unspecified atom stereocenters. The molecule has 0 radical (unpaired) electrons. The van der Waals surface area contributed by atoms with Gasteiger partial charge in [0.05, 0.1) is 11.8 Å². The molecule has 7 nitrogen and oxygen atoms in total. The number of rotatable bonds is 5. The summed E-state index contributed by atoms with van der Waals surface area (Å²) in [6, 6.07) is 7.08. The molecule has 3 heterocycles. The third-order valence-electron chi connectivity index (χ3n) is 3.11. The predicted molar refractivity (Wildman–Crippen MR) is 83.8 cm³/mol. The Morgan fingerprint density at radius 2 is 2.17 bits per heavy atom. The van der Waals surface area contributed by atoms with Crippen LogP contribution >= 0.6 is 11.3 Å². The summed E-state index contributed by atoms with van der Waals surface area (Å²) in [7, 11) is 0. The maximum absolute atomic E-state index is 12.1. The second-order valence-corrected chi connectivity index (χ2v) is 5.54. The fourth-order valence-electron chi connectivity index (χ4n) is 1.99. The summed E-state index contributed by atoms with van der Waals surface area (Å²) in [6.45, 7) is 0.152. The Morgan fingerprint density at radius 3 is 2.91 bits per heavy atom. The zero-order valence-electron chi connectivity index (χ0n) is 11.8. The standard InChI is InChI=1S/C15H12N4O3S/c20-14(17-7-10-4-6-23-13(10)15(21)22)11-8-18-19(9-11)12-3-1-2-5-16-12/h1-6,8-9H,7H2,(H,17,20)(H,21,22). The number of carbonyl (C=O) groups excluding carboxylic acids is 1. The number of pyridine rings is 1. The van der Waals surface area contributed by atoms with Crippen molar-refractivity contribution < 1.29 is 14.7 Å². The number of carbonyl (C=O) groups is 2. The van der Waals surface area contributed by atoms with Crippen LogP contribution in [0.2, 0.25) is 0 Å². The average molecular weight is 328 g/mol. The van der Waals surface area contributed by atoms with Gasteiger partial charge in [-0.05, 0) is 29.1 Å². The molecule has 0 aliphatic carbocycles.